The van der Waals surface area contributed by atoms with E-state index in [4.69, 9.17) is 9.73 Å². The second kappa shape index (κ2) is 8.69. The van der Waals surface area contributed by atoms with Gasteiger partial charge in [0.15, 0.2) is 0 Å². The molecule has 1 saturated carbocycles. The van der Waals surface area contributed by atoms with E-state index in [2.05, 4.69) is 57.2 Å². The van der Waals surface area contributed by atoms with E-state index in [1.54, 1.807) is 0 Å². The van der Waals surface area contributed by atoms with Gasteiger partial charge in [0.05, 0.1) is 6.04 Å². The monoisotopic (exact) mass is 339 g/mol. The summed E-state index contributed by atoms with van der Waals surface area (Å²) in [5.74, 6) is 3.04. The quantitative estimate of drug-likeness (QED) is 0.572. The number of nitrogens with zero attached hydrogens (tertiary/aromatic N) is 1. The first-order valence-electron chi connectivity index (χ1n) is 10.1. The van der Waals surface area contributed by atoms with Gasteiger partial charge in [-0.1, -0.05) is 38.1 Å². The van der Waals surface area contributed by atoms with E-state index in [1.807, 2.05) is 0 Å². The van der Waals surface area contributed by atoms with Gasteiger partial charge < -0.3 is 4.74 Å². The average Bonchev–Trinajstić information content (AvgIpc) is 3.13. The summed E-state index contributed by atoms with van der Waals surface area (Å²) in [7, 11) is 0. The smallest absolute Gasteiger partial charge is 0.216 e. The number of ether oxygens (including phenoxy) is 1. The highest BCUT2D eigenvalue weighted by Gasteiger charge is 2.24. The SMILES string of the molecule is C/C=C/CCC1CCC(c2ccc(C3=N[C@@H](C(C)C)CO3)cc2)CC1. The molecule has 2 aliphatic rings. The number of aliphatic imine (C=N–C) groups is 1. The van der Waals surface area contributed by atoms with Crippen LogP contribution in [0, 0.1) is 11.8 Å². The third kappa shape index (κ3) is 4.74. The van der Waals surface area contributed by atoms with Gasteiger partial charge in [-0.3, -0.25) is 0 Å². The first-order chi connectivity index (χ1) is 12.2. The van der Waals surface area contributed by atoms with Crippen molar-refractivity contribution in [2.75, 3.05) is 6.61 Å². The van der Waals surface area contributed by atoms with Gasteiger partial charge in [-0.15, -0.1) is 0 Å². The van der Waals surface area contributed by atoms with E-state index >= 15 is 0 Å². The van der Waals surface area contributed by atoms with Crippen molar-refractivity contribution in [1.29, 1.82) is 0 Å². The lowest BCUT2D eigenvalue weighted by Gasteiger charge is -2.28. The van der Waals surface area contributed by atoms with Gasteiger partial charge in [0.2, 0.25) is 5.90 Å². The van der Waals surface area contributed by atoms with Crippen molar-refractivity contribution in [3.8, 4) is 0 Å². The summed E-state index contributed by atoms with van der Waals surface area (Å²) < 4.78 is 5.80. The lowest BCUT2D eigenvalue weighted by Crippen LogP contribution is -2.13. The predicted octanol–water partition coefficient (Wildman–Crippen LogP) is 6.12. The van der Waals surface area contributed by atoms with Gasteiger partial charge in [0, 0.05) is 5.56 Å². The summed E-state index contributed by atoms with van der Waals surface area (Å²) >= 11 is 0. The van der Waals surface area contributed by atoms with Crippen LogP contribution in [0.3, 0.4) is 0 Å². The first-order valence-corrected chi connectivity index (χ1v) is 10.1. The molecule has 0 spiro atoms. The summed E-state index contributed by atoms with van der Waals surface area (Å²) in [6, 6.07) is 9.32. The molecule has 2 nitrogen and oxygen atoms in total. The van der Waals surface area contributed by atoms with E-state index in [9.17, 15) is 0 Å². The fourth-order valence-corrected chi connectivity index (χ4v) is 4.07. The molecule has 0 aromatic heterocycles. The molecule has 0 unspecified atom stereocenters. The molecule has 1 aliphatic heterocycles. The number of allylic oxidation sites excluding steroid dienone is 2. The highest BCUT2D eigenvalue weighted by Crippen LogP contribution is 2.37. The van der Waals surface area contributed by atoms with Gasteiger partial charge in [-0.25, -0.2) is 4.99 Å². The molecular weight excluding hydrogens is 306 g/mol. The van der Waals surface area contributed by atoms with E-state index in [-0.39, 0.29) is 0 Å². The van der Waals surface area contributed by atoms with Crippen LogP contribution in [0.2, 0.25) is 0 Å². The average molecular weight is 340 g/mol. The standard InChI is InChI=1S/C23H33NO/c1-4-5-6-7-18-8-10-19(11-9-18)20-12-14-21(15-13-20)23-24-22(16-25-23)17(2)3/h4-5,12-15,17-19,22H,6-11,16H2,1-3H3/b5-4+/t18?,19?,22-/m1/s1. The molecular formula is C23H33NO. The van der Waals surface area contributed by atoms with Crippen molar-refractivity contribution >= 4 is 5.90 Å². The molecule has 1 aromatic rings. The van der Waals surface area contributed by atoms with Gasteiger partial charge in [-0.2, -0.15) is 0 Å². The molecule has 1 aromatic carbocycles. The van der Waals surface area contributed by atoms with Crippen LogP contribution in [0.4, 0.5) is 0 Å². The van der Waals surface area contributed by atoms with Gasteiger partial charge in [-0.05, 0) is 80.9 Å². The van der Waals surface area contributed by atoms with Crippen molar-refractivity contribution in [3.05, 3.63) is 47.5 Å². The lowest BCUT2D eigenvalue weighted by molar-refractivity contribution is 0.292. The number of benzene rings is 1. The molecule has 0 amide bonds. The first kappa shape index (κ1) is 18.2. The summed E-state index contributed by atoms with van der Waals surface area (Å²) in [6.07, 6.45) is 12.5. The molecule has 25 heavy (non-hydrogen) atoms. The van der Waals surface area contributed by atoms with Crippen LogP contribution in [-0.2, 0) is 4.74 Å². The Morgan fingerprint density at radius 3 is 2.44 bits per heavy atom. The van der Waals surface area contributed by atoms with E-state index < -0.39 is 0 Å². The molecule has 1 heterocycles. The Hall–Kier alpha value is -1.57. The zero-order valence-electron chi connectivity index (χ0n) is 16.1. The fourth-order valence-electron chi connectivity index (χ4n) is 4.07. The van der Waals surface area contributed by atoms with Crippen molar-refractivity contribution < 1.29 is 4.74 Å². The summed E-state index contributed by atoms with van der Waals surface area (Å²) in [5, 5.41) is 0. The van der Waals surface area contributed by atoms with Gasteiger partial charge >= 0.3 is 0 Å². The van der Waals surface area contributed by atoms with Crippen molar-refractivity contribution in [2.45, 2.75) is 71.3 Å². The summed E-state index contributed by atoms with van der Waals surface area (Å²) in [5.41, 5.74) is 2.63. The largest absolute Gasteiger partial charge is 0.475 e. The van der Waals surface area contributed by atoms with Crippen LogP contribution < -0.4 is 0 Å². The third-order valence-electron chi connectivity index (χ3n) is 5.90. The maximum Gasteiger partial charge on any atom is 0.216 e. The minimum atomic E-state index is 0.313. The normalized spacial score (nSPS) is 26.9. The van der Waals surface area contributed by atoms with Crippen LogP contribution in [0.1, 0.15) is 76.3 Å². The Balaban J connectivity index is 1.54. The molecule has 1 fully saturated rings. The molecule has 2 heteroatoms. The molecule has 3 rings (SSSR count). The van der Waals surface area contributed by atoms with E-state index in [0.29, 0.717) is 12.0 Å². The second-order valence-corrected chi connectivity index (χ2v) is 8.04. The Kier molecular flexibility index (Phi) is 6.34. The number of hydrogen-bond donors (Lipinski definition) is 0. The van der Waals surface area contributed by atoms with Crippen LogP contribution in [0.25, 0.3) is 0 Å². The minimum Gasteiger partial charge on any atom is -0.475 e. The minimum absolute atomic E-state index is 0.313. The van der Waals surface area contributed by atoms with Crippen LogP contribution in [0.5, 0.6) is 0 Å². The molecule has 1 atom stereocenters. The Morgan fingerprint density at radius 2 is 1.84 bits per heavy atom. The number of hydrogen-bond acceptors (Lipinski definition) is 2. The fraction of sp³-hybridized carbons (Fsp3) is 0.609. The molecule has 1 aliphatic carbocycles. The van der Waals surface area contributed by atoms with Gasteiger partial charge in [0.25, 0.3) is 0 Å². The molecule has 0 radical (unpaired) electrons. The summed E-state index contributed by atoms with van der Waals surface area (Å²) in [6.45, 7) is 7.26. The molecule has 136 valence electrons. The van der Waals surface area contributed by atoms with Crippen LogP contribution in [-0.4, -0.2) is 18.5 Å². The maximum atomic E-state index is 5.80. The maximum absolute atomic E-state index is 5.80. The van der Waals surface area contributed by atoms with Crippen molar-refractivity contribution in [3.63, 3.8) is 0 Å². The lowest BCUT2D eigenvalue weighted by atomic mass is 9.77. The Morgan fingerprint density at radius 1 is 1.12 bits per heavy atom. The van der Waals surface area contributed by atoms with Crippen molar-refractivity contribution in [1.82, 2.24) is 0 Å². The second-order valence-electron chi connectivity index (χ2n) is 8.04. The third-order valence-corrected chi connectivity index (χ3v) is 5.90. The van der Waals surface area contributed by atoms with E-state index in [1.165, 1.54) is 44.1 Å². The Labute approximate surface area is 153 Å². The summed E-state index contributed by atoms with van der Waals surface area (Å²) in [4.78, 5) is 4.73. The Bertz CT molecular complexity index is 591. The molecule has 0 bridgehead atoms. The van der Waals surface area contributed by atoms with Crippen LogP contribution >= 0.6 is 0 Å². The number of rotatable bonds is 6. The van der Waals surface area contributed by atoms with E-state index in [0.717, 1.165) is 29.9 Å². The van der Waals surface area contributed by atoms with Crippen molar-refractivity contribution in [2.24, 2.45) is 16.8 Å². The van der Waals surface area contributed by atoms with Gasteiger partial charge in [0.1, 0.15) is 6.61 Å². The molecule has 0 saturated heterocycles. The highest BCUT2D eigenvalue weighted by molar-refractivity contribution is 5.95. The highest BCUT2D eigenvalue weighted by atomic mass is 16.5. The zero-order valence-corrected chi connectivity index (χ0v) is 16.1. The molecule has 0 N–H and O–H groups in total. The topological polar surface area (TPSA) is 21.6 Å². The predicted molar refractivity (Wildman–Crippen MR) is 106 cm³/mol. The van der Waals surface area contributed by atoms with Crippen LogP contribution in [0.15, 0.2) is 41.4 Å². The zero-order chi connectivity index (χ0) is 17.6.